The summed E-state index contributed by atoms with van der Waals surface area (Å²) in [5.74, 6) is 1.16. The highest BCUT2D eigenvalue weighted by atomic mass is 16.1. The molecule has 2 fully saturated rings. The molecule has 0 aromatic rings. The Balaban J connectivity index is 1.47. The molecule has 1 amide bonds. The van der Waals surface area contributed by atoms with Gasteiger partial charge in [-0.15, -0.1) is 0 Å². The van der Waals surface area contributed by atoms with Crippen molar-refractivity contribution in [2.45, 2.75) is 64.0 Å². The lowest BCUT2D eigenvalue weighted by molar-refractivity contribution is -0.121. The van der Waals surface area contributed by atoms with E-state index in [1.807, 2.05) is 0 Å². The summed E-state index contributed by atoms with van der Waals surface area (Å²) < 4.78 is 0. The van der Waals surface area contributed by atoms with Gasteiger partial charge in [0.25, 0.3) is 0 Å². The molecule has 2 aliphatic rings. The van der Waals surface area contributed by atoms with E-state index in [0.717, 1.165) is 12.5 Å². The van der Waals surface area contributed by atoms with Crippen molar-refractivity contribution in [3.05, 3.63) is 0 Å². The third-order valence-electron chi connectivity index (χ3n) is 3.70. The summed E-state index contributed by atoms with van der Waals surface area (Å²) in [4.78, 5) is 11.4. The van der Waals surface area contributed by atoms with Gasteiger partial charge >= 0.3 is 0 Å². The Morgan fingerprint density at radius 1 is 1.31 bits per heavy atom. The van der Waals surface area contributed by atoms with Gasteiger partial charge in [-0.05, 0) is 32.1 Å². The zero-order valence-electron chi connectivity index (χ0n) is 10.3. The molecule has 3 nitrogen and oxygen atoms in total. The molecule has 0 aliphatic heterocycles. The maximum atomic E-state index is 11.4. The van der Waals surface area contributed by atoms with Crippen molar-refractivity contribution in [1.82, 2.24) is 10.6 Å². The molecular weight excluding hydrogens is 200 g/mol. The first-order valence-electron chi connectivity index (χ1n) is 6.77. The Morgan fingerprint density at radius 2 is 2.06 bits per heavy atom. The smallest absolute Gasteiger partial charge is 0.221 e. The Labute approximate surface area is 98.4 Å². The minimum Gasteiger partial charge on any atom is -0.353 e. The fraction of sp³-hybridized carbons (Fsp3) is 0.923. The zero-order valence-corrected chi connectivity index (χ0v) is 10.3. The van der Waals surface area contributed by atoms with Crippen LogP contribution in [-0.2, 0) is 4.79 Å². The predicted octanol–water partition coefficient (Wildman–Crippen LogP) is 1.82. The van der Waals surface area contributed by atoms with Crippen LogP contribution in [0.2, 0.25) is 0 Å². The molecule has 92 valence electrons. The van der Waals surface area contributed by atoms with Gasteiger partial charge in [-0.2, -0.15) is 0 Å². The molecule has 0 spiro atoms. The molecule has 0 bridgehead atoms. The van der Waals surface area contributed by atoms with Gasteiger partial charge in [0.1, 0.15) is 0 Å². The Bertz CT molecular complexity index is 234. The molecule has 2 N–H and O–H groups in total. The van der Waals surface area contributed by atoms with E-state index in [-0.39, 0.29) is 5.91 Å². The summed E-state index contributed by atoms with van der Waals surface area (Å²) in [7, 11) is 0. The van der Waals surface area contributed by atoms with Gasteiger partial charge in [0.05, 0.1) is 0 Å². The van der Waals surface area contributed by atoms with Crippen LogP contribution in [0, 0.1) is 5.92 Å². The maximum Gasteiger partial charge on any atom is 0.221 e. The van der Waals surface area contributed by atoms with Gasteiger partial charge in [0.15, 0.2) is 0 Å². The van der Waals surface area contributed by atoms with E-state index >= 15 is 0 Å². The molecule has 1 unspecified atom stereocenters. The number of hydrogen-bond donors (Lipinski definition) is 2. The largest absolute Gasteiger partial charge is 0.353 e. The molecule has 0 saturated heterocycles. The van der Waals surface area contributed by atoms with Crippen molar-refractivity contribution < 1.29 is 4.79 Å². The van der Waals surface area contributed by atoms with Gasteiger partial charge in [0, 0.05) is 25.0 Å². The van der Waals surface area contributed by atoms with Crippen molar-refractivity contribution in [3.63, 3.8) is 0 Å². The summed E-state index contributed by atoms with van der Waals surface area (Å²) in [5, 5.41) is 6.46. The zero-order chi connectivity index (χ0) is 11.4. The molecule has 2 aliphatic carbocycles. The average molecular weight is 224 g/mol. The molecule has 3 heteroatoms. The first-order chi connectivity index (χ1) is 7.74. The van der Waals surface area contributed by atoms with E-state index in [2.05, 4.69) is 17.6 Å². The second kappa shape index (κ2) is 5.67. The Morgan fingerprint density at radius 3 is 2.62 bits per heavy atom. The van der Waals surface area contributed by atoms with Crippen LogP contribution >= 0.6 is 0 Å². The minimum absolute atomic E-state index is 0.214. The molecular formula is C13H24N2O. The first kappa shape index (κ1) is 11.9. The summed E-state index contributed by atoms with van der Waals surface area (Å²) >= 11 is 0. The van der Waals surface area contributed by atoms with Gasteiger partial charge in [-0.3, -0.25) is 4.79 Å². The monoisotopic (exact) mass is 224 g/mol. The maximum absolute atomic E-state index is 11.4. The summed E-state index contributed by atoms with van der Waals surface area (Å²) in [6.07, 6.45) is 8.51. The van der Waals surface area contributed by atoms with E-state index in [4.69, 9.17) is 0 Å². The van der Waals surface area contributed by atoms with Gasteiger partial charge in [0.2, 0.25) is 5.91 Å². The fourth-order valence-electron chi connectivity index (χ4n) is 2.27. The molecule has 1 atom stereocenters. The molecule has 2 saturated carbocycles. The van der Waals surface area contributed by atoms with Gasteiger partial charge in [-0.1, -0.05) is 19.3 Å². The van der Waals surface area contributed by atoms with Crippen molar-refractivity contribution in [2.75, 3.05) is 6.54 Å². The third-order valence-corrected chi connectivity index (χ3v) is 3.70. The highest BCUT2D eigenvalue weighted by molar-refractivity contribution is 5.76. The minimum atomic E-state index is 0.214. The van der Waals surface area contributed by atoms with Crippen molar-refractivity contribution in [2.24, 2.45) is 5.92 Å². The van der Waals surface area contributed by atoms with Crippen molar-refractivity contribution in [1.29, 1.82) is 0 Å². The summed E-state index contributed by atoms with van der Waals surface area (Å²) in [6.45, 7) is 3.06. The van der Waals surface area contributed by atoms with Crippen LogP contribution in [-0.4, -0.2) is 24.5 Å². The normalized spacial score (nSPS) is 22.6. The topological polar surface area (TPSA) is 41.1 Å². The van der Waals surface area contributed by atoms with E-state index in [9.17, 15) is 4.79 Å². The predicted molar refractivity (Wildman–Crippen MR) is 65.2 cm³/mol. The van der Waals surface area contributed by atoms with Crippen molar-refractivity contribution in [3.8, 4) is 0 Å². The number of nitrogens with one attached hydrogen (secondary N) is 2. The Hall–Kier alpha value is -0.570. The molecule has 16 heavy (non-hydrogen) atoms. The standard InChI is InChI=1S/C13H24N2O/c1-10(9-11-3-2-4-11)14-8-7-13(16)15-12-5-6-12/h10-12,14H,2-9H2,1H3,(H,15,16). The van der Waals surface area contributed by atoms with Crippen LogP contribution in [0.1, 0.15) is 51.9 Å². The van der Waals surface area contributed by atoms with Crippen LogP contribution in [0.3, 0.4) is 0 Å². The van der Waals surface area contributed by atoms with E-state index in [0.29, 0.717) is 18.5 Å². The van der Waals surface area contributed by atoms with Crippen LogP contribution in [0.15, 0.2) is 0 Å². The number of carbonyl (C=O) groups is 1. The van der Waals surface area contributed by atoms with Crippen LogP contribution in [0.5, 0.6) is 0 Å². The second-order valence-electron chi connectivity index (χ2n) is 5.48. The SMILES string of the molecule is CC(CC1CCC1)NCCC(=O)NC1CC1. The van der Waals surface area contributed by atoms with Gasteiger partial charge in [-0.25, -0.2) is 0 Å². The van der Waals surface area contributed by atoms with Crippen molar-refractivity contribution >= 4 is 5.91 Å². The highest BCUT2D eigenvalue weighted by Crippen LogP contribution is 2.30. The van der Waals surface area contributed by atoms with E-state index < -0.39 is 0 Å². The third kappa shape index (κ3) is 4.12. The number of rotatable bonds is 7. The fourth-order valence-corrected chi connectivity index (χ4v) is 2.27. The lowest BCUT2D eigenvalue weighted by Crippen LogP contribution is -2.34. The molecule has 0 heterocycles. The molecule has 0 aromatic heterocycles. The number of carbonyl (C=O) groups excluding carboxylic acids is 1. The summed E-state index contributed by atoms with van der Waals surface area (Å²) in [6, 6.07) is 1.07. The number of hydrogen-bond acceptors (Lipinski definition) is 2. The van der Waals surface area contributed by atoms with Crippen LogP contribution in [0.25, 0.3) is 0 Å². The van der Waals surface area contributed by atoms with E-state index in [1.165, 1.54) is 38.5 Å². The van der Waals surface area contributed by atoms with Gasteiger partial charge < -0.3 is 10.6 Å². The number of amides is 1. The Kier molecular flexibility index (Phi) is 4.22. The van der Waals surface area contributed by atoms with Crippen LogP contribution in [0.4, 0.5) is 0 Å². The molecule has 0 aromatic carbocycles. The second-order valence-corrected chi connectivity index (χ2v) is 5.48. The highest BCUT2D eigenvalue weighted by Gasteiger charge is 2.23. The van der Waals surface area contributed by atoms with Crippen LogP contribution < -0.4 is 10.6 Å². The molecule has 2 rings (SSSR count). The lowest BCUT2D eigenvalue weighted by Gasteiger charge is -2.28. The lowest BCUT2D eigenvalue weighted by atomic mass is 9.81. The average Bonchev–Trinajstić information content (AvgIpc) is 2.95. The van der Waals surface area contributed by atoms with E-state index in [1.54, 1.807) is 0 Å². The quantitative estimate of drug-likeness (QED) is 0.692. The summed E-state index contributed by atoms with van der Waals surface area (Å²) in [5.41, 5.74) is 0. The first-order valence-corrected chi connectivity index (χ1v) is 6.77. The molecule has 0 radical (unpaired) electrons.